The number of nitrogens with zero attached hydrogens (tertiary/aromatic N) is 1. The fraction of sp³-hybridized carbons (Fsp3) is 1.00. The second-order valence-electron chi connectivity index (χ2n) is 5.69. The van der Waals surface area contributed by atoms with Crippen LogP contribution in [0.5, 0.6) is 0 Å². The number of hydrogen-bond acceptors (Lipinski definition) is 4. The Balaban J connectivity index is 1.35. The first-order valence-corrected chi connectivity index (χ1v) is 8.07. The summed E-state index contributed by atoms with van der Waals surface area (Å²) in [7, 11) is 0. The van der Waals surface area contributed by atoms with Crippen molar-refractivity contribution in [2.24, 2.45) is 0 Å². The lowest BCUT2D eigenvalue weighted by atomic mass is 10.1. The third-order valence-corrected chi connectivity index (χ3v) is 4.11. The van der Waals surface area contributed by atoms with E-state index in [2.05, 4.69) is 10.2 Å². The molecule has 2 aliphatic heterocycles. The molecule has 0 unspecified atom stereocenters. The molecule has 0 aliphatic carbocycles. The van der Waals surface area contributed by atoms with Crippen LogP contribution in [-0.2, 0) is 9.47 Å². The highest BCUT2D eigenvalue weighted by atomic mass is 16.5. The van der Waals surface area contributed by atoms with Gasteiger partial charge in [0.25, 0.3) is 0 Å². The average molecular weight is 270 g/mol. The molecule has 2 fully saturated rings. The zero-order valence-electron chi connectivity index (χ0n) is 12.2. The van der Waals surface area contributed by atoms with Gasteiger partial charge in [-0.05, 0) is 45.3 Å². The molecule has 0 aromatic rings. The molecule has 0 atom stereocenters. The Morgan fingerprint density at radius 1 is 1.00 bits per heavy atom. The molecule has 112 valence electrons. The SMILES string of the molecule is C(CCCN1CCOCC1)CCOC1CCNCC1. The second kappa shape index (κ2) is 9.70. The summed E-state index contributed by atoms with van der Waals surface area (Å²) in [6.07, 6.45) is 8.12. The van der Waals surface area contributed by atoms with E-state index >= 15 is 0 Å². The van der Waals surface area contributed by atoms with Gasteiger partial charge in [-0.1, -0.05) is 12.8 Å². The molecule has 0 aromatic carbocycles. The van der Waals surface area contributed by atoms with Crippen LogP contribution in [0.25, 0.3) is 0 Å². The molecular weight excluding hydrogens is 240 g/mol. The van der Waals surface area contributed by atoms with Gasteiger partial charge in [0.05, 0.1) is 19.3 Å². The van der Waals surface area contributed by atoms with Crippen LogP contribution in [-0.4, -0.2) is 63.5 Å². The van der Waals surface area contributed by atoms with Gasteiger partial charge in [-0.3, -0.25) is 4.90 Å². The van der Waals surface area contributed by atoms with Crippen molar-refractivity contribution >= 4 is 0 Å². The molecule has 2 rings (SSSR count). The minimum Gasteiger partial charge on any atom is -0.379 e. The maximum absolute atomic E-state index is 5.91. The maximum Gasteiger partial charge on any atom is 0.0599 e. The first kappa shape index (κ1) is 15.2. The monoisotopic (exact) mass is 270 g/mol. The van der Waals surface area contributed by atoms with Crippen molar-refractivity contribution < 1.29 is 9.47 Å². The van der Waals surface area contributed by atoms with Gasteiger partial charge in [0, 0.05) is 19.7 Å². The van der Waals surface area contributed by atoms with Crippen LogP contribution in [0.4, 0.5) is 0 Å². The third-order valence-electron chi connectivity index (χ3n) is 4.11. The van der Waals surface area contributed by atoms with Crippen LogP contribution in [0.2, 0.25) is 0 Å². The van der Waals surface area contributed by atoms with E-state index in [0.717, 1.165) is 46.0 Å². The zero-order chi connectivity index (χ0) is 13.2. The Kier molecular flexibility index (Phi) is 7.78. The minimum atomic E-state index is 0.523. The zero-order valence-corrected chi connectivity index (χ0v) is 12.2. The molecule has 0 aromatic heterocycles. The Morgan fingerprint density at radius 3 is 2.53 bits per heavy atom. The first-order valence-electron chi connectivity index (χ1n) is 8.07. The summed E-state index contributed by atoms with van der Waals surface area (Å²) in [4.78, 5) is 2.52. The molecule has 0 saturated carbocycles. The van der Waals surface area contributed by atoms with Crippen LogP contribution < -0.4 is 5.32 Å². The van der Waals surface area contributed by atoms with E-state index in [1.165, 1.54) is 45.1 Å². The summed E-state index contributed by atoms with van der Waals surface area (Å²) >= 11 is 0. The number of nitrogens with one attached hydrogen (secondary N) is 1. The van der Waals surface area contributed by atoms with Gasteiger partial charge in [-0.15, -0.1) is 0 Å². The molecule has 4 heteroatoms. The number of morpholine rings is 1. The predicted molar refractivity (Wildman–Crippen MR) is 77.6 cm³/mol. The Labute approximate surface area is 117 Å². The van der Waals surface area contributed by atoms with Gasteiger partial charge in [-0.25, -0.2) is 0 Å². The number of piperidine rings is 1. The fourth-order valence-electron chi connectivity index (χ4n) is 2.83. The molecule has 2 aliphatic rings. The van der Waals surface area contributed by atoms with Crippen molar-refractivity contribution in [1.82, 2.24) is 10.2 Å². The fourth-order valence-corrected chi connectivity index (χ4v) is 2.83. The van der Waals surface area contributed by atoms with Crippen LogP contribution in [0.1, 0.15) is 38.5 Å². The van der Waals surface area contributed by atoms with Gasteiger partial charge in [0.15, 0.2) is 0 Å². The van der Waals surface area contributed by atoms with Crippen molar-refractivity contribution in [3.63, 3.8) is 0 Å². The molecule has 0 bridgehead atoms. The molecule has 4 nitrogen and oxygen atoms in total. The van der Waals surface area contributed by atoms with E-state index in [1.54, 1.807) is 0 Å². The quantitative estimate of drug-likeness (QED) is 0.680. The maximum atomic E-state index is 5.91. The number of rotatable bonds is 8. The average Bonchev–Trinajstić information content (AvgIpc) is 2.48. The van der Waals surface area contributed by atoms with Crippen molar-refractivity contribution in [2.45, 2.75) is 44.6 Å². The second-order valence-corrected chi connectivity index (χ2v) is 5.69. The lowest BCUT2D eigenvalue weighted by molar-refractivity contribution is 0.0296. The van der Waals surface area contributed by atoms with Crippen LogP contribution in [0, 0.1) is 0 Å². The highest BCUT2D eigenvalue weighted by molar-refractivity contribution is 4.68. The van der Waals surface area contributed by atoms with Crippen LogP contribution in [0.3, 0.4) is 0 Å². The molecule has 0 amide bonds. The largest absolute Gasteiger partial charge is 0.379 e. The van der Waals surface area contributed by atoms with Crippen LogP contribution >= 0.6 is 0 Å². The van der Waals surface area contributed by atoms with Crippen molar-refractivity contribution in [3.05, 3.63) is 0 Å². The highest BCUT2D eigenvalue weighted by Crippen LogP contribution is 2.09. The van der Waals surface area contributed by atoms with Crippen LogP contribution in [0.15, 0.2) is 0 Å². The van der Waals surface area contributed by atoms with Crippen molar-refractivity contribution in [1.29, 1.82) is 0 Å². The molecule has 0 spiro atoms. The summed E-state index contributed by atoms with van der Waals surface area (Å²) in [6.45, 7) is 8.56. The van der Waals surface area contributed by atoms with E-state index < -0.39 is 0 Å². The summed E-state index contributed by atoms with van der Waals surface area (Å²) in [5, 5.41) is 3.37. The van der Waals surface area contributed by atoms with Gasteiger partial charge >= 0.3 is 0 Å². The van der Waals surface area contributed by atoms with Gasteiger partial charge in [-0.2, -0.15) is 0 Å². The summed E-state index contributed by atoms with van der Waals surface area (Å²) in [6, 6.07) is 0. The minimum absolute atomic E-state index is 0.523. The smallest absolute Gasteiger partial charge is 0.0599 e. The highest BCUT2D eigenvalue weighted by Gasteiger charge is 2.12. The summed E-state index contributed by atoms with van der Waals surface area (Å²) in [5.74, 6) is 0. The molecule has 1 N–H and O–H groups in total. The normalized spacial score (nSPS) is 22.7. The number of unbranched alkanes of at least 4 members (excludes halogenated alkanes) is 3. The molecule has 0 radical (unpaired) electrons. The summed E-state index contributed by atoms with van der Waals surface area (Å²) < 4.78 is 11.3. The number of hydrogen-bond donors (Lipinski definition) is 1. The van der Waals surface area contributed by atoms with E-state index in [4.69, 9.17) is 9.47 Å². The van der Waals surface area contributed by atoms with Crippen molar-refractivity contribution in [3.8, 4) is 0 Å². The van der Waals surface area contributed by atoms with Crippen molar-refractivity contribution in [2.75, 3.05) is 52.5 Å². The van der Waals surface area contributed by atoms with Gasteiger partial charge in [0.1, 0.15) is 0 Å². The third kappa shape index (κ3) is 6.70. The van der Waals surface area contributed by atoms with E-state index in [-0.39, 0.29) is 0 Å². The standard InChI is InChI=1S/C15H30N2O2/c1(3-9-17-10-13-18-14-11-17)2-4-12-19-15-5-7-16-8-6-15/h15-16H,1-14H2. The molecular formula is C15H30N2O2. The number of ether oxygens (including phenoxy) is 2. The van der Waals surface area contributed by atoms with E-state index in [0.29, 0.717) is 6.10 Å². The lowest BCUT2D eigenvalue weighted by Crippen LogP contribution is -2.36. The topological polar surface area (TPSA) is 33.7 Å². The Hall–Kier alpha value is -0.160. The van der Waals surface area contributed by atoms with Gasteiger partial charge < -0.3 is 14.8 Å². The Morgan fingerprint density at radius 2 is 1.74 bits per heavy atom. The first-order chi connectivity index (χ1) is 9.45. The molecule has 2 heterocycles. The molecule has 2 saturated heterocycles. The predicted octanol–water partition coefficient (Wildman–Crippen LogP) is 1.65. The van der Waals surface area contributed by atoms with E-state index in [9.17, 15) is 0 Å². The Bertz CT molecular complexity index is 192. The summed E-state index contributed by atoms with van der Waals surface area (Å²) in [5.41, 5.74) is 0. The van der Waals surface area contributed by atoms with E-state index in [1.807, 2.05) is 0 Å². The lowest BCUT2D eigenvalue weighted by Gasteiger charge is -2.26. The van der Waals surface area contributed by atoms with Gasteiger partial charge in [0.2, 0.25) is 0 Å². The molecule has 19 heavy (non-hydrogen) atoms.